The molecule has 3 N–H and O–H groups in total. The molecule has 5 heterocycles. The number of carbonyl (C=O) groups is 1. The van der Waals surface area contributed by atoms with Crippen LogP contribution >= 0.6 is 0 Å². The van der Waals surface area contributed by atoms with Crippen LogP contribution in [0.15, 0.2) is 55.0 Å². The summed E-state index contributed by atoms with van der Waals surface area (Å²) in [6.45, 7) is 2.04. The third-order valence-electron chi connectivity index (χ3n) is 8.89. The molecular weight excluding hydrogens is 547 g/mol. The smallest absolute Gasteiger partial charge is 0.384 e. The van der Waals surface area contributed by atoms with Crippen LogP contribution < -0.4 is 15.5 Å². The minimum Gasteiger partial charge on any atom is -0.384 e. The summed E-state index contributed by atoms with van der Waals surface area (Å²) >= 11 is 0. The second kappa shape index (κ2) is 11.3. The fourth-order valence-corrected chi connectivity index (χ4v) is 6.56. The molecular formula is C30H34F3N7O2. The highest BCUT2D eigenvalue weighted by Gasteiger charge is 2.48. The van der Waals surface area contributed by atoms with Crippen LogP contribution in [-0.4, -0.2) is 68.6 Å². The summed E-state index contributed by atoms with van der Waals surface area (Å²) in [7, 11) is 0. The maximum Gasteiger partial charge on any atom is 0.433 e. The fraction of sp³-hybridized carbons (Fsp3) is 0.500. The van der Waals surface area contributed by atoms with Gasteiger partial charge in [0.05, 0.1) is 11.2 Å². The lowest BCUT2D eigenvalue weighted by Gasteiger charge is -2.40. The van der Waals surface area contributed by atoms with Crippen LogP contribution in [0.4, 0.5) is 19.0 Å². The molecule has 222 valence electrons. The van der Waals surface area contributed by atoms with E-state index >= 15 is 0 Å². The maximum absolute atomic E-state index is 13.9. The summed E-state index contributed by atoms with van der Waals surface area (Å²) in [5.41, 5.74) is -1.33. The highest BCUT2D eigenvalue weighted by atomic mass is 19.4. The summed E-state index contributed by atoms with van der Waals surface area (Å²) in [6, 6.07) is 9.38. The molecule has 3 aromatic rings. The molecule has 3 fully saturated rings. The molecule has 0 bridgehead atoms. The molecule has 6 rings (SSSR count). The van der Waals surface area contributed by atoms with E-state index in [0.717, 1.165) is 11.6 Å². The number of ketones is 1. The van der Waals surface area contributed by atoms with Gasteiger partial charge in [-0.05, 0) is 75.4 Å². The average Bonchev–Trinajstić information content (AvgIpc) is 3.70. The van der Waals surface area contributed by atoms with Crippen LogP contribution in [0.25, 0.3) is 11.4 Å². The van der Waals surface area contributed by atoms with Gasteiger partial charge in [-0.15, -0.1) is 0 Å². The summed E-state index contributed by atoms with van der Waals surface area (Å²) in [6.07, 6.45) is 4.11. The molecule has 3 aliphatic rings. The number of aliphatic hydroxyl groups is 1. The molecule has 3 aromatic heterocycles. The van der Waals surface area contributed by atoms with Gasteiger partial charge in [-0.1, -0.05) is 6.07 Å². The van der Waals surface area contributed by atoms with Crippen molar-refractivity contribution in [3.8, 4) is 11.4 Å². The van der Waals surface area contributed by atoms with Gasteiger partial charge in [0.2, 0.25) is 0 Å². The molecule has 1 saturated carbocycles. The number of aromatic nitrogens is 4. The fourth-order valence-electron chi connectivity index (χ4n) is 6.56. The van der Waals surface area contributed by atoms with Crippen LogP contribution in [0.5, 0.6) is 0 Å². The van der Waals surface area contributed by atoms with Crippen LogP contribution in [0.3, 0.4) is 0 Å². The SMILES string of the molecule is O=C(C1CCN(c2cccc(C(F)(F)F)n2)C1)[C@]1(NC2CCC(O)(c3ccc(-c4ncccn4)cn3)CC2)CCNC1. The third kappa shape index (κ3) is 5.75. The predicted molar refractivity (Wildman–Crippen MR) is 149 cm³/mol. The predicted octanol–water partition coefficient (Wildman–Crippen LogP) is 3.50. The van der Waals surface area contributed by atoms with Gasteiger partial charge in [0, 0.05) is 55.7 Å². The normalized spacial score (nSPS) is 28.2. The Hall–Kier alpha value is -3.48. The number of alkyl halides is 3. The summed E-state index contributed by atoms with van der Waals surface area (Å²) in [4.78, 5) is 32.6. The molecule has 0 aromatic carbocycles. The van der Waals surface area contributed by atoms with Crippen LogP contribution in [0.2, 0.25) is 0 Å². The van der Waals surface area contributed by atoms with Crippen LogP contribution in [-0.2, 0) is 16.6 Å². The number of Topliss-reactive ketones (excluding diaryl/α,β-unsaturated/α-hetero) is 1. The molecule has 2 saturated heterocycles. The second-order valence-electron chi connectivity index (χ2n) is 11.6. The minimum atomic E-state index is -4.52. The Balaban J connectivity index is 1.09. The number of halogens is 3. The zero-order valence-corrected chi connectivity index (χ0v) is 23.1. The summed E-state index contributed by atoms with van der Waals surface area (Å²) < 4.78 is 39.6. The number of rotatable bonds is 7. The zero-order chi connectivity index (χ0) is 29.4. The number of nitrogens with zero attached hydrogens (tertiary/aromatic N) is 5. The van der Waals surface area contributed by atoms with Gasteiger partial charge in [-0.2, -0.15) is 13.2 Å². The summed E-state index contributed by atoms with van der Waals surface area (Å²) in [5, 5.41) is 18.5. The molecule has 9 nitrogen and oxygen atoms in total. The van der Waals surface area contributed by atoms with E-state index in [1.807, 2.05) is 12.1 Å². The molecule has 2 aliphatic heterocycles. The Morgan fingerprint density at radius 2 is 1.81 bits per heavy atom. The van der Waals surface area contributed by atoms with Crippen molar-refractivity contribution < 1.29 is 23.1 Å². The topological polar surface area (TPSA) is 116 Å². The van der Waals surface area contributed by atoms with Gasteiger partial charge in [0.1, 0.15) is 17.1 Å². The lowest BCUT2D eigenvalue weighted by molar-refractivity contribution is -0.141. The molecule has 0 amide bonds. The molecule has 12 heteroatoms. The first-order valence-electron chi connectivity index (χ1n) is 14.4. The van der Waals surface area contributed by atoms with E-state index in [-0.39, 0.29) is 23.6 Å². The van der Waals surface area contributed by atoms with E-state index in [9.17, 15) is 23.1 Å². The number of hydrogen-bond acceptors (Lipinski definition) is 9. The first-order chi connectivity index (χ1) is 20.2. The Morgan fingerprint density at radius 1 is 1.02 bits per heavy atom. The molecule has 42 heavy (non-hydrogen) atoms. The Labute approximate surface area is 242 Å². The van der Waals surface area contributed by atoms with Gasteiger partial charge >= 0.3 is 6.18 Å². The summed E-state index contributed by atoms with van der Waals surface area (Å²) in [5.74, 6) is 0.623. The van der Waals surface area contributed by atoms with Crippen molar-refractivity contribution in [1.29, 1.82) is 0 Å². The van der Waals surface area contributed by atoms with Crippen molar-refractivity contribution in [3.05, 3.63) is 66.4 Å². The number of nitrogens with one attached hydrogen (secondary N) is 2. The van der Waals surface area contributed by atoms with Gasteiger partial charge in [0.15, 0.2) is 11.6 Å². The van der Waals surface area contributed by atoms with Crippen LogP contribution in [0.1, 0.15) is 49.9 Å². The van der Waals surface area contributed by atoms with Crippen molar-refractivity contribution in [3.63, 3.8) is 0 Å². The van der Waals surface area contributed by atoms with Crippen molar-refractivity contribution >= 4 is 11.6 Å². The molecule has 1 aliphatic carbocycles. The molecule has 0 spiro atoms. The number of pyridine rings is 2. The van der Waals surface area contributed by atoms with E-state index in [1.165, 1.54) is 6.07 Å². The van der Waals surface area contributed by atoms with E-state index in [0.29, 0.717) is 76.2 Å². The average molecular weight is 582 g/mol. The van der Waals surface area contributed by atoms with Crippen molar-refractivity contribution in [2.24, 2.45) is 5.92 Å². The van der Waals surface area contributed by atoms with Gasteiger partial charge < -0.3 is 20.6 Å². The number of carbonyl (C=O) groups excluding carboxylic acids is 1. The first-order valence-corrected chi connectivity index (χ1v) is 14.4. The highest BCUT2D eigenvalue weighted by Crippen LogP contribution is 2.38. The van der Waals surface area contributed by atoms with Crippen molar-refractivity contribution in [2.75, 3.05) is 31.1 Å². The highest BCUT2D eigenvalue weighted by molar-refractivity contribution is 5.92. The molecule has 0 radical (unpaired) electrons. The monoisotopic (exact) mass is 581 g/mol. The van der Waals surface area contributed by atoms with Gasteiger partial charge in [-0.3, -0.25) is 9.78 Å². The van der Waals surface area contributed by atoms with Gasteiger partial charge in [-0.25, -0.2) is 15.0 Å². The van der Waals surface area contributed by atoms with E-state index in [4.69, 9.17) is 0 Å². The van der Waals surface area contributed by atoms with E-state index in [1.54, 1.807) is 35.6 Å². The van der Waals surface area contributed by atoms with Crippen molar-refractivity contribution in [2.45, 2.75) is 61.9 Å². The number of anilines is 1. The standard InChI is InChI=1S/C30H34F3N7O2/c31-30(32,33)24-3-1-4-25(38-24)40-16-9-21(18-40)26(41)28(12-15-34-19-28)39-22-7-10-29(42,11-8-22)23-6-5-20(17-37-23)27-35-13-2-14-36-27/h1-6,13-14,17,21-22,34,39,42H,7-12,15-16,18-19H2/t21?,22?,28-,29?/m0/s1. The Morgan fingerprint density at radius 3 is 2.48 bits per heavy atom. The number of hydrogen-bond donors (Lipinski definition) is 3. The first kappa shape index (κ1) is 28.6. The van der Waals surface area contributed by atoms with Crippen molar-refractivity contribution in [1.82, 2.24) is 30.6 Å². The third-order valence-corrected chi connectivity index (χ3v) is 8.89. The second-order valence-corrected chi connectivity index (χ2v) is 11.6. The zero-order valence-electron chi connectivity index (χ0n) is 23.1. The molecule has 2 atom stereocenters. The largest absolute Gasteiger partial charge is 0.433 e. The quantitative estimate of drug-likeness (QED) is 0.386. The van der Waals surface area contributed by atoms with Crippen LogP contribution in [0, 0.1) is 5.92 Å². The molecule has 1 unspecified atom stereocenters. The van der Waals surface area contributed by atoms with E-state index in [2.05, 4.69) is 30.6 Å². The lowest BCUT2D eigenvalue weighted by atomic mass is 9.77. The van der Waals surface area contributed by atoms with Gasteiger partial charge in [0.25, 0.3) is 0 Å². The Kier molecular flexibility index (Phi) is 7.71. The minimum absolute atomic E-state index is 0.0498. The Bertz CT molecular complexity index is 1390. The lowest BCUT2D eigenvalue weighted by Crippen LogP contribution is -2.60. The maximum atomic E-state index is 13.9. The van der Waals surface area contributed by atoms with E-state index < -0.39 is 23.0 Å².